The van der Waals surface area contributed by atoms with Crippen molar-refractivity contribution in [3.63, 3.8) is 0 Å². The van der Waals surface area contributed by atoms with E-state index in [1.54, 1.807) is 0 Å². The molecular formula is C18H30N2O4S. The van der Waals surface area contributed by atoms with Crippen LogP contribution in [0.1, 0.15) is 57.8 Å². The van der Waals surface area contributed by atoms with E-state index in [9.17, 15) is 18.0 Å². The number of hydrogen-bond acceptors (Lipinski definition) is 4. The first-order chi connectivity index (χ1) is 11.9. The fourth-order valence-electron chi connectivity index (χ4n) is 4.38. The predicted octanol–water partition coefficient (Wildman–Crippen LogP) is 1.50. The number of nitrogens with one attached hydrogen (secondary N) is 1. The topological polar surface area (TPSA) is 83.5 Å². The average molecular weight is 371 g/mol. The lowest BCUT2D eigenvalue weighted by Crippen LogP contribution is -2.43. The molecule has 1 atom stereocenters. The van der Waals surface area contributed by atoms with Crippen LogP contribution in [-0.2, 0) is 19.4 Å². The highest BCUT2D eigenvalue weighted by atomic mass is 32.2. The van der Waals surface area contributed by atoms with Crippen LogP contribution in [0.15, 0.2) is 0 Å². The quantitative estimate of drug-likeness (QED) is 0.816. The number of likely N-dealkylation sites (tertiary alicyclic amines) is 1. The molecule has 2 aliphatic heterocycles. The standard InChI is InChI=1S/C18H30N2O4S/c21-17(19-16-9-12-25(23,24)13-16)14-5-7-15(8-6-14)18(22)20-10-3-1-2-4-11-20/h14-16H,1-13H2,(H,19,21). The maximum absolute atomic E-state index is 12.7. The largest absolute Gasteiger partial charge is 0.352 e. The Morgan fingerprint density at radius 2 is 1.44 bits per heavy atom. The first-order valence-corrected chi connectivity index (χ1v) is 11.6. The molecule has 0 aromatic rings. The van der Waals surface area contributed by atoms with Crippen LogP contribution >= 0.6 is 0 Å². The third-order valence-corrected chi connectivity index (χ3v) is 7.71. The highest BCUT2D eigenvalue weighted by Crippen LogP contribution is 2.31. The number of amides is 2. The Balaban J connectivity index is 1.45. The van der Waals surface area contributed by atoms with E-state index < -0.39 is 9.84 Å². The summed E-state index contributed by atoms with van der Waals surface area (Å²) in [4.78, 5) is 27.1. The molecule has 2 heterocycles. The summed E-state index contributed by atoms with van der Waals surface area (Å²) in [6, 6.07) is -0.228. The molecule has 2 amide bonds. The Labute approximate surface area is 150 Å². The first kappa shape index (κ1) is 18.7. The second-order valence-corrected chi connectivity index (χ2v) is 10.1. The van der Waals surface area contributed by atoms with Crippen LogP contribution in [0.25, 0.3) is 0 Å². The predicted molar refractivity (Wildman–Crippen MR) is 95.7 cm³/mol. The summed E-state index contributed by atoms with van der Waals surface area (Å²) in [5, 5.41) is 2.91. The minimum absolute atomic E-state index is 0.0252. The normalized spacial score (nSPS) is 32.8. The van der Waals surface area contributed by atoms with Gasteiger partial charge in [0.1, 0.15) is 0 Å². The Morgan fingerprint density at radius 1 is 0.840 bits per heavy atom. The second kappa shape index (κ2) is 8.06. The van der Waals surface area contributed by atoms with Crippen molar-refractivity contribution in [3.8, 4) is 0 Å². The summed E-state index contributed by atoms with van der Waals surface area (Å²) in [6.07, 6.45) is 8.18. The van der Waals surface area contributed by atoms with Crippen molar-refractivity contribution in [1.82, 2.24) is 10.2 Å². The summed E-state index contributed by atoms with van der Waals surface area (Å²) in [6.45, 7) is 1.77. The van der Waals surface area contributed by atoms with Gasteiger partial charge in [0.15, 0.2) is 9.84 Å². The van der Waals surface area contributed by atoms with Gasteiger partial charge in [-0.3, -0.25) is 9.59 Å². The van der Waals surface area contributed by atoms with Crippen molar-refractivity contribution in [2.45, 2.75) is 63.8 Å². The van der Waals surface area contributed by atoms with Gasteiger partial charge in [-0.05, 0) is 44.9 Å². The fourth-order valence-corrected chi connectivity index (χ4v) is 6.05. The van der Waals surface area contributed by atoms with E-state index in [0.29, 0.717) is 6.42 Å². The van der Waals surface area contributed by atoms with Gasteiger partial charge in [0, 0.05) is 31.0 Å². The summed E-state index contributed by atoms with van der Waals surface area (Å²) in [5.74, 6) is 0.493. The molecule has 1 N–H and O–H groups in total. The molecule has 142 valence electrons. The van der Waals surface area contributed by atoms with Gasteiger partial charge in [-0.1, -0.05) is 12.8 Å². The molecule has 1 aliphatic carbocycles. The molecule has 3 fully saturated rings. The van der Waals surface area contributed by atoms with E-state index in [1.165, 1.54) is 12.8 Å². The van der Waals surface area contributed by atoms with Crippen LogP contribution in [0.5, 0.6) is 0 Å². The van der Waals surface area contributed by atoms with Gasteiger partial charge in [-0.2, -0.15) is 0 Å². The highest BCUT2D eigenvalue weighted by molar-refractivity contribution is 7.91. The van der Waals surface area contributed by atoms with Gasteiger partial charge in [0.2, 0.25) is 11.8 Å². The number of carbonyl (C=O) groups excluding carboxylic acids is 2. The molecule has 6 nitrogen and oxygen atoms in total. The molecule has 1 saturated carbocycles. The lowest BCUT2D eigenvalue weighted by Gasteiger charge is -2.31. The van der Waals surface area contributed by atoms with E-state index in [4.69, 9.17) is 0 Å². The molecule has 3 aliphatic rings. The van der Waals surface area contributed by atoms with Gasteiger partial charge in [0.05, 0.1) is 11.5 Å². The van der Waals surface area contributed by atoms with E-state index >= 15 is 0 Å². The van der Waals surface area contributed by atoms with Gasteiger partial charge in [-0.15, -0.1) is 0 Å². The molecule has 7 heteroatoms. The molecule has 2 saturated heterocycles. The second-order valence-electron chi connectivity index (χ2n) is 7.90. The Bertz CT molecular complexity index is 588. The lowest BCUT2D eigenvalue weighted by molar-refractivity contribution is -0.138. The molecule has 0 aromatic carbocycles. The maximum Gasteiger partial charge on any atom is 0.225 e. The highest BCUT2D eigenvalue weighted by Gasteiger charge is 2.34. The molecule has 1 unspecified atom stereocenters. The summed E-state index contributed by atoms with van der Waals surface area (Å²) < 4.78 is 23.0. The number of carbonyl (C=O) groups is 2. The number of hydrogen-bond donors (Lipinski definition) is 1. The van der Waals surface area contributed by atoms with E-state index in [1.807, 2.05) is 4.90 Å². The van der Waals surface area contributed by atoms with Crippen LogP contribution in [-0.4, -0.2) is 55.8 Å². The van der Waals surface area contributed by atoms with E-state index in [-0.39, 0.29) is 41.2 Å². The molecule has 0 aromatic heterocycles. The van der Waals surface area contributed by atoms with E-state index in [0.717, 1.165) is 51.6 Å². The molecule has 3 rings (SSSR count). The maximum atomic E-state index is 12.7. The third-order valence-electron chi connectivity index (χ3n) is 5.94. The average Bonchev–Trinajstić information content (AvgIpc) is 2.80. The lowest BCUT2D eigenvalue weighted by atomic mass is 9.80. The van der Waals surface area contributed by atoms with Crippen LogP contribution in [0.2, 0.25) is 0 Å². The van der Waals surface area contributed by atoms with Crippen LogP contribution in [0.4, 0.5) is 0 Å². The Hall–Kier alpha value is -1.11. The van der Waals surface area contributed by atoms with Gasteiger partial charge in [0.25, 0.3) is 0 Å². The fraction of sp³-hybridized carbons (Fsp3) is 0.889. The van der Waals surface area contributed by atoms with Crippen molar-refractivity contribution in [2.75, 3.05) is 24.6 Å². The van der Waals surface area contributed by atoms with Gasteiger partial charge >= 0.3 is 0 Å². The molecule has 0 spiro atoms. The number of rotatable bonds is 3. The van der Waals surface area contributed by atoms with Crippen molar-refractivity contribution in [1.29, 1.82) is 0 Å². The zero-order chi connectivity index (χ0) is 17.9. The molecule has 0 bridgehead atoms. The zero-order valence-electron chi connectivity index (χ0n) is 14.9. The minimum atomic E-state index is -2.97. The van der Waals surface area contributed by atoms with Crippen LogP contribution in [0, 0.1) is 11.8 Å². The molecule has 0 radical (unpaired) electrons. The minimum Gasteiger partial charge on any atom is -0.352 e. The zero-order valence-corrected chi connectivity index (χ0v) is 15.7. The Morgan fingerprint density at radius 3 is 2.00 bits per heavy atom. The van der Waals surface area contributed by atoms with Crippen molar-refractivity contribution in [2.24, 2.45) is 11.8 Å². The van der Waals surface area contributed by atoms with E-state index in [2.05, 4.69) is 5.32 Å². The van der Waals surface area contributed by atoms with Crippen molar-refractivity contribution in [3.05, 3.63) is 0 Å². The molecule has 25 heavy (non-hydrogen) atoms. The van der Waals surface area contributed by atoms with Crippen molar-refractivity contribution < 1.29 is 18.0 Å². The monoisotopic (exact) mass is 370 g/mol. The number of nitrogens with zero attached hydrogens (tertiary/aromatic N) is 1. The SMILES string of the molecule is O=C(NC1CCS(=O)(=O)C1)C1CCC(C(=O)N2CCCCCC2)CC1. The number of sulfone groups is 1. The summed E-state index contributed by atoms with van der Waals surface area (Å²) in [5.41, 5.74) is 0. The summed E-state index contributed by atoms with van der Waals surface area (Å²) >= 11 is 0. The first-order valence-electron chi connectivity index (χ1n) is 9.74. The Kier molecular flexibility index (Phi) is 6.02. The summed E-state index contributed by atoms with van der Waals surface area (Å²) in [7, 11) is -2.97. The van der Waals surface area contributed by atoms with Crippen LogP contribution in [0.3, 0.4) is 0 Å². The van der Waals surface area contributed by atoms with Crippen LogP contribution < -0.4 is 5.32 Å². The smallest absolute Gasteiger partial charge is 0.225 e. The van der Waals surface area contributed by atoms with Gasteiger partial charge in [-0.25, -0.2) is 8.42 Å². The third kappa shape index (κ3) is 4.96. The van der Waals surface area contributed by atoms with Crippen molar-refractivity contribution >= 4 is 21.7 Å². The van der Waals surface area contributed by atoms with Gasteiger partial charge < -0.3 is 10.2 Å². The molecular weight excluding hydrogens is 340 g/mol.